The molecule has 1 unspecified atom stereocenters. The molecule has 1 amide bonds. The highest BCUT2D eigenvalue weighted by atomic mass is 16.5. The first-order valence-corrected chi connectivity index (χ1v) is 6.15. The van der Waals surface area contributed by atoms with Crippen LogP contribution in [0.4, 0.5) is 0 Å². The third-order valence-corrected chi connectivity index (χ3v) is 2.79. The Morgan fingerprint density at radius 3 is 2.47 bits per heavy atom. The lowest BCUT2D eigenvalue weighted by Crippen LogP contribution is -2.33. The number of hydrogen-bond acceptors (Lipinski definition) is 3. The molecule has 0 saturated carbocycles. The van der Waals surface area contributed by atoms with E-state index in [0.29, 0.717) is 31.5 Å². The fraction of sp³-hybridized carbons (Fsp3) is 0.429. The molecule has 104 valence electrons. The molecular formula is C14H19NO4. The minimum atomic E-state index is -1.03. The number of benzene rings is 1. The molecule has 1 N–H and O–H groups in total. The van der Waals surface area contributed by atoms with Gasteiger partial charge in [-0.1, -0.05) is 31.2 Å². The van der Waals surface area contributed by atoms with E-state index in [2.05, 4.69) is 0 Å². The summed E-state index contributed by atoms with van der Waals surface area (Å²) < 4.78 is 5.00. The first-order valence-electron chi connectivity index (χ1n) is 6.15. The topological polar surface area (TPSA) is 66.8 Å². The molecule has 0 heterocycles. The number of rotatable bonds is 8. The highest BCUT2D eigenvalue weighted by molar-refractivity contribution is 5.78. The molecule has 0 fully saturated rings. The third kappa shape index (κ3) is 4.06. The second-order valence-corrected chi connectivity index (χ2v) is 4.26. The Hall–Kier alpha value is -1.88. The van der Waals surface area contributed by atoms with Crippen LogP contribution >= 0.6 is 0 Å². The van der Waals surface area contributed by atoms with Crippen LogP contribution in [0.3, 0.4) is 0 Å². The Balaban J connectivity index is 2.98. The summed E-state index contributed by atoms with van der Waals surface area (Å²) >= 11 is 0. The van der Waals surface area contributed by atoms with Crippen LogP contribution in [-0.4, -0.2) is 36.0 Å². The maximum absolute atomic E-state index is 11.4. The molecule has 1 aromatic carbocycles. The maximum atomic E-state index is 11.4. The molecule has 5 heteroatoms. The maximum Gasteiger partial charge on any atom is 0.331 e. The van der Waals surface area contributed by atoms with Crippen molar-refractivity contribution in [2.24, 2.45) is 0 Å². The zero-order valence-electron chi connectivity index (χ0n) is 11.2. The second-order valence-electron chi connectivity index (χ2n) is 4.26. The van der Waals surface area contributed by atoms with E-state index in [0.717, 1.165) is 5.56 Å². The molecule has 0 radical (unpaired) electrons. The van der Waals surface area contributed by atoms with Crippen molar-refractivity contribution in [3.63, 3.8) is 0 Å². The molecule has 0 spiro atoms. The van der Waals surface area contributed by atoms with Crippen molar-refractivity contribution in [2.75, 3.05) is 13.7 Å². The summed E-state index contributed by atoms with van der Waals surface area (Å²) in [6.07, 6.45) is 1.30. The number of ether oxygens (including phenoxy) is 1. The summed E-state index contributed by atoms with van der Waals surface area (Å²) in [5, 5.41) is 9.30. The fourth-order valence-electron chi connectivity index (χ4n) is 1.94. The summed E-state index contributed by atoms with van der Waals surface area (Å²) in [5.74, 6) is -1.03. The minimum Gasteiger partial charge on any atom is -0.479 e. The first kappa shape index (κ1) is 15.2. The summed E-state index contributed by atoms with van der Waals surface area (Å²) in [4.78, 5) is 23.7. The van der Waals surface area contributed by atoms with E-state index in [-0.39, 0.29) is 0 Å². The SMILES string of the molecule is CCCN(C=O)C(C(=O)O)c1ccc(COC)cc1. The number of hydrogen-bond donors (Lipinski definition) is 1. The molecule has 5 nitrogen and oxygen atoms in total. The standard InChI is InChI=1S/C14H19NO4/c1-3-8-15(10-16)13(14(17)18)12-6-4-11(5-7-12)9-19-2/h4-7,10,13H,3,8-9H2,1-2H3,(H,17,18). The molecule has 0 aromatic heterocycles. The summed E-state index contributed by atoms with van der Waals surface area (Å²) in [7, 11) is 1.60. The van der Waals surface area contributed by atoms with Crippen molar-refractivity contribution in [3.8, 4) is 0 Å². The summed E-state index contributed by atoms with van der Waals surface area (Å²) in [5.41, 5.74) is 1.55. The van der Waals surface area contributed by atoms with E-state index in [9.17, 15) is 14.7 Å². The van der Waals surface area contributed by atoms with Crippen molar-refractivity contribution in [1.82, 2.24) is 4.90 Å². The van der Waals surface area contributed by atoms with Gasteiger partial charge in [0.2, 0.25) is 6.41 Å². The Morgan fingerprint density at radius 1 is 1.42 bits per heavy atom. The number of methoxy groups -OCH3 is 1. The van der Waals surface area contributed by atoms with Gasteiger partial charge in [-0.25, -0.2) is 4.79 Å². The molecule has 0 saturated heterocycles. The van der Waals surface area contributed by atoms with E-state index in [1.165, 1.54) is 4.90 Å². The van der Waals surface area contributed by atoms with E-state index >= 15 is 0 Å². The fourth-order valence-corrected chi connectivity index (χ4v) is 1.94. The van der Waals surface area contributed by atoms with Gasteiger partial charge in [0.1, 0.15) is 0 Å². The quantitative estimate of drug-likeness (QED) is 0.728. The van der Waals surface area contributed by atoms with Gasteiger partial charge < -0.3 is 14.7 Å². The van der Waals surface area contributed by atoms with E-state index in [1.54, 1.807) is 19.2 Å². The average Bonchev–Trinajstić information content (AvgIpc) is 2.40. The molecule has 19 heavy (non-hydrogen) atoms. The molecule has 0 aliphatic carbocycles. The molecule has 0 aliphatic heterocycles. The van der Waals surface area contributed by atoms with Gasteiger partial charge in [0.15, 0.2) is 6.04 Å². The van der Waals surface area contributed by atoms with Crippen molar-refractivity contribution in [1.29, 1.82) is 0 Å². The third-order valence-electron chi connectivity index (χ3n) is 2.79. The summed E-state index contributed by atoms with van der Waals surface area (Å²) in [6.45, 7) is 2.79. The van der Waals surface area contributed by atoms with E-state index in [1.807, 2.05) is 19.1 Å². The van der Waals surface area contributed by atoms with Gasteiger partial charge >= 0.3 is 5.97 Å². The molecule has 1 rings (SSSR count). The second kappa shape index (κ2) is 7.53. The number of carbonyl (C=O) groups is 2. The lowest BCUT2D eigenvalue weighted by atomic mass is 10.0. The van der Waals surface area contributed by atoms with Crippen molar-refractivity contribution < 1.29 is 19.4 Å². The van der Waals surface area contributed by atoms with Crippen LogP contribution in [-0.2, 0) is 20.9 Å². The van der Waals surface area contributed by atoms with E-state index in [4.69, 9.17) is 4.74 Å². The number of aliphatic carboxylic acids is 1. The number of nitrogens with zero attached hydrogens (tertiary/aromatic N) is 1. The van der Waals surface area contributed by atoms with Crippen LogP contribution in [0.15, 0.2) is 24.3 Å². The number of carbonyl (C=O) groups excluding carboxylic acids is 1. The van der Waals surface area contributed by atoms with Gasteiger partial charge in [0, 0.05) is 13.7 Å². The largest absolute Gasteiger partial charge is 0.479 e. The molecule has 0 bridgehead atoms. The summed E-state index contributed by atoms with van der Waals surface area (Å²) in [6, 6.07) is 6.13. The van der Waals surface area contributed by atoms with Crippen LogP contribution in [0.5, 0.6) is 0 Å². The molecule has 1 aromatic rings. The van der Waals surface area contributed by atoms with Gasteiger partial charge in [-0.05, 0) is 17.5 Å². The highest BCUT2D eigenvalue weighted by Gasteiger charge is 2.25. The normalized spacial score (nSPS) is 11.9. The molecule has 0 aliphatic rings. The van der Waals surface area contributed by atoms with Crippen LogP contribution in [0, 0.1) is 0 Å². The van der Waals surface area contributed by atoms with Gasteiger partial charge in [-0.2, -0.15) is 0 Å². The number of amides is 1. The van der Waals surface area contributed by atoms with Crippen LogP contribution in [0.1, 0.15) is 30.5 Å². The first-order chi connectivity index (χ1) is 9.13. The lowest BCUT2D eigenvalue weighted by Gasteiger charge is -2.25. The zero-order valence-corrected chi connectivity index (χ0v) is 11.2. The van der Waals surface area contributed by atoms with Crippen LogP contribution in [0.2, 0.25) is 0 Å². The zero-order chi connectivity index (χ0) is 14.3. The molecule has 1 atom stereocenters. The predicted molar refractivity (Wildman–Crippen MR) is 70.6 cm³/mol. The Labute approximate surface area is 112 Å². The number of carboxylic acids is 1. The van der Waals surface area contributed by atoms with Gasteiger partial charge in [-0.15, -0.1) is 0 Å². The Kier molecular flexibility index (Phi) is 6.02. The monoisotopic (exact) mass is 265 g/mol. The average molecular weight is 265 g/mol. The number of carboxylic acid groups (broad SMARTS) is 1. The van der Waals surface area contributed by atoms with E-state index < -0.39 is 12.0 Å². The van der Waals surface area contributed by atoms with Crippen molar-refractivity contribution in [2.45, 2.75) is 26.0 Å². The van der Waals surface area contributed by atoms with Gasteiger partial charge in [0.25, 0.3) is 0 Å². The smallest absolute Gasteiger partial charge is 0.331 e. The minimum absolute atomic E-state index is 0.417. The van der Waals surface area contributed by atoms with Crippen molar-refractivity contribution >= 4 is 12.4 Å². The predicted octanol–water partition coefficient (Wildman–Crippen LogP) is 1.83. The van der Waals surface area contributed by atoms with Crippen molar-refractivity contribution in [3.05, 3.63) is 35.4 Å². The van der Waals surface area contributed by atoms with Crippen LogP contribution < -0.4 is 0 Å². The molecular weight excluding hydrogens is 246 g/mol. The Morgan fingerprint density at radius 2 is 2.05 bits per heavy atom. The highest BCUT2D eigenvalue weighted by Crippen LogP contribution is 2.21. The Bertz CT molecular complexity index is 416. The van der Waals surface area contributed by atoms with Crippen LogP contribution in [0.25, 0.3) is 0 Å². The van der Waals surface area contributed by atoms with Gasteiger partial charge in [-0.3, -0.25) is 4.79 Å². The van der Waals surface area contributed by atoms with Gasteiger partial charge in [0.05, 0.1) is 6.61 Å². The lowest BCUT2D eigenvalue weighted by molar-refractivity contribution is -0.146.